The molecular formula is C15H20ClNO. The first-order valence-corrected chi connectivity index (χ1v) is 7.18. The molecule has 3 heteroatoms. The van der Waals surface area contributed by atoms with Crippen molar-refractivity contribution in [2.75, 3.05) is 0 Å². The molecule has 0 aromatic heterocycles. The van der Waals surface area contributed by atoms with Crippen LogP contribution in [0.25, 0.3) is 0 Å². The van der Waals surface area contributed by atoms with E-state index >= 15 is 0 Å². The van der Waals surface area contributed by atoms with Crippen molar-refractivity contribution in [1.29, 1.82) is 0 Å². The molecule has 2 nitrogen and oxygen atoms in total. The van der Waals surface area contributed by atoms with Crippen LogP contribution in [-0.2, 0) is 6.42 Å². The number of halogens is 1. The maximum atomic E-state index is 12.0. The smallest absolute Gasteiger partial charge is 0.169 e. The van der Waals surface area contributed by atoms with Crippen LogP contribution in [0.1, 0.15) is 37.7 Å². The fraction of sp³-hybridized carbons (Fsp3) is 0.533. The summed E-state index contributed by atoms with van der Waals surface area (Å²) in [7, 11) is 0. The summed E-state index contributed by atoms with van der Waals surface area (Å²) in [6, 6.07) is 10.2. The molecule has 0 radical (unpaired) electrons. The minimum Gasteiger partial charge on any atom is -0.624 e. The highest BCUT2D eigenvalue weighted by atomic mass is 35.5. The Morgan fingerprint density at radius 1 is 1.22 bits per heavy atom. The van der Waals surface area contributed by atoms with Gasteiger partial charge >= 0.3 is 0 Å². The van der Waals surface area contributed by atoms with Gasteiger partial charge in [0.1, 0.15) is 5.38 Å². The Hall–Kier alpha value is -1.02. The van der Waals surface area contributed by atoms with E-state index in [1.54, 1.807) is 6.21 Å². The van der Waals surface area contributed by atoms with Crippen molar-refractivity contribution in [2.24, 2.45) is 0 Å². The zero-order valence-electron chi connectivity index (χ0n) is 10.6. The van der Waals surface area contributed by atoms with E-state index in [0.29, 0.717) is 6.42 Å². The van der Waals surface area contributed by atoms with Crippen LogP contribution < -0.4 is 0 Å². The number of rotatable bonds is 4. The van der Waals surface area contributed by atoms with Gasteiger partial charge in [0, 0.05) is 12.8 Å². The lowest BCUT2D eigenvalue weighted by molar-refractivity contribution is -0.502. The lowest BCUT2D eigenvalue weighted by Gasteiger charge is -2.21. The topological polar surface area (TPSA) is 26.1 Å². The monoisotopic (exact) mass is 265 g/mol. The average molecular weight is 266 g/mol. The van der Waals surface area contributed by atoms with E-state index in [1.165, 1.54) is 24.8 Å². The van der Waals surface area contributed by atoms with Gasteiger partial charge in [-0.3, -0.25) is 0 Å². The molecule has 1 aromatic carbocycles. The molecule has 0 aliphatic heterocycles. The van der Waals surface area contributed by atoms with E-state index < -0.39 is 0 Å². The maximum absolute atomic E-state index is 12.0. The normalized spacial score (nSPS) is 19.7. The largest absolute Gasteiger partial charge is 0.624 e. The van der Waals surface area contributed by atoms with Crippen molar-refractivity contribution in [2.45, 2.75) is 49.9 Å². The van der Waals surface area contributed by atoms with E-state index in [2.05, 4.69) is 0 Å². The molecule has 0 N–H and O–H groups in total. The van der Waals surface area contributed by atoms with E-state index in [-0.39, 0.29) is 11.4 Å². The van der Waals surface area contributed by atoms with Gasteiger partial charge in [-0.2, -0.15) is 0 Å². The Bertz CT molecular complexity index is 385. The number of hydrogen-bond acceptors (Lipinski definition) is 1. The Kier molecular flexibility index (Phi) is 5.06. The molecule has 0 saturated heterocycles. The van der Waals surface area contributed by atoms with Crippen molar-refractivity contribution in [3.63, 3.8) is 0 Å². The molecule has 0 bridgehead atoms. The first-order chi connectivity index (χ1) is 8.75. The highest BCUT2D eigenvalue weighted by molar-refractivity contribution is 6.27. The molecule has 18 heavy (non-hydrogen) atoms. The molecule has 1 aromatic rings. The summed E-state index contributed by atoms with van der Waals surface area (Å²) >= 11 is 6.23. The molecule has 1 aliphatic carbocycles. The van der Waals surface area contributed by atoms with Crippen LogP contribution in [0.2, 0.25) is 0 Å². The number of alkyl halides is 1. The second-order valence-corrected chi connectivity index (χ2v) is 5.57. The zero-order chi connectivity index (χ0) is 12.8. The van der Waals surface area contributed by atoms with Crippen molar-refractivity contribution in [3.05, 3.63) is 41.1 Å². The molecule has 0 amide bonds. The van der Waals surface area contributed by atoms with E-state index in [9.17, 15) is 5.21 Å². The van der Waals surface area contributed by atoms with Crippen LogP contribution in [-0.4, -0.2) is 22.4 Å². The Labute approximate surface area is 114 Å². The third-order valence-electron chi connectivity index (χ3n) is 3.52. The van der Waals surface area contributed by atoms with Crippen LogP contribution >= 0.6 is 11.6 Å². The Balaban J connectivity index is 1.90. The third-order valence-corrected chi connectivity index (χ3v) is 3.78. The summed E-state index contributed by atoms with van der Waals surface area (Å²) < 4.78 is 1.10. The van der Waals surface area contributed by atoms with Crippen LogP contribution in [0.15, 0.2) is 30.3 Å². The lowest BCUT2D eigenvalue weighted by Crippen LogP contribution is -2.27. The molecule has 1 unspecified atom stereocenters. The highest BCUT2D eigenvalue weighted by Crippen LogP contribution is 2.20. The van der Waals surface area contributed by atoms with Gasteiger partial charge in [-0.1, -0.05) is 36.8 Å². The van der Waals surface area contributed by atoms with Gasteiger partial charge in [0.2, 0.25) is 0 Å². The molecule has 1 atom stereocenters. The molecule has 2 rings (SSSR count). The van der Waals surface area contributed by atoms with Crippen LogP contribution in [0.4, 0.5) is 0 Å². The standard InChI is InChI=1S/C15H20ClNO/c16-14(11-13-7-3-1-4-8-13)12-17(18)15-9-5-2-6-10-15/h1,3-4,7-8,12,14-15H,2,5-6,9-11H2/b17-12-. The minimum absolute atomic E-state index is 0.149. The summed E-state index contributed by atoms with van der Waals surface area (Å²) in [5, 5.41) is 11.8. The van der Waals surface area contributed by atoms with Crippen LogP contribution in [0, 0.1) is 5.21 Å². The summed E-state index contributed by atoms with van der Waals surface area (Å²) in [5.74, 6) is 0. The van der Waals surface area contributed by atoms with Gasteiger partial charge in [0.05, 0.1) is 0 Å². The minimum atomic E-state index is -0.216. The SMILES string of the molecule is [O-]/[N+](=C\C(Cl)Cc1ccccc1)C1CCCCC1. The van der Waals surface area contributed by atoms with Crippen molar-refractivity contribution in [1.82, 2.24) is 0 Å². The molecule has 1 saturated carbocycles. The van der Waals surface area contributed by atoms with Crippen molar-refractivity contribution in [3.8, 4) is 0 Å². The Morgan fingerprint density at radius 3 is 2.56 bits per heavy atom. The molecule has 0 heterocycles. The van der Waals surface area contributed by atoms with Crippen LogP contribution in [0.5, 0.6) is 0 Å². The van der Waals surface area contributed by atoms with Crippen molar-refractivity contribution >= 4 is 17.8 Å². The van der Waals surface area contributed by atoms with E-state index in [1.807, 2.05) is 30.3 Å². The van der Waals surface area contributed by atoms with Gasteiger partial charge in [0.25, 0.3) is 0 Å². The molecule has 98 valence electrons. The second-order valence-electron chi connectivity index (χ2n) is 5.01. The molecular weight excluding hydrogens is 246 g/mol. The van der Waals surface area contributed by atoms with E-state index in [0.717, 1.165) is 17.6 Å². The van der Waals surface area contributed by atoms with Crippen molar-refractivity contribution < 1.29 is 4.74 Å². The number of hydroxylamine groups is 1. The summed E-state index contributed by atoms with van der Waals surface area (Å²) in [6.07, 6.45) is 7.98. The molecule has 1 aliphatic rings. The van der Waals surface area contributed by atoms with Gasteiger partial charge in [-0.15, -0.1) is 11.6 Å². The summed E-state index contributed by atoms with van der Waals surface area (Å²) in [5.41, 5.74) is 1.17. The van der Waals surface area contributed by atoms with Gasteiger partial charge in [-0.25, -0.2) is 4.74 Å². The predicted octanol–water partition coefficient (Wildman–Crippen LogP) is 3.75. The van der Waals surface area contributed by atoms with Crippen LogP contribution in [0.3, 0.4) is 0 Å². The van der Waals surface area contributed by atoms with Gasteiger partial charge in [0.15, 0.2) is 12.3 Å². The fourth-order valence-corrected chi connectivity index (χ4v) is 2.80. The van der Waals surface area contributed by atoms with E-state index in [4.69, 9.17) is 11.6 Å². The first-order valence-electron chi connectivity index (χ1n) is 6.74. The lowest BCUT2D eigenvalue weighted by atomic mass is 9.96. The predicted molar refractivity (Wildman–Crippen MR) is 76.4 cm³/mol. The summed E-state index contributed by atoms with van der Waals surface area (Å²) in [4.78, 5) is 0. The quantitative estimate of drug-likeness (QED) is 0.268. The highest BCUT2D eigenvalue weighted by Gasteiger charge is 2.20. The van der Waals surface area contributed by atoms with Gasteiger partial charge in [-0.05, 0) is 24.8 Å². The fourth-order valence-electron chi connectivity index (χ4n) is 2.51. The number of nitrogens with zero attached hydrogens (tertiary/aromatic N) is 1. The molecule has 1 fully saturated rings. The second kappa shape index (κ2) is 6.79. The Morgan fingerprint density at radius 2 is 1.89 bits per heavy atom. The van der Waals surface area contributed by atoms with Gasteiger partial charge < -0.3 is 5.21 Å². The summed E-state index contributed by atoms with van der Waals surface area (Å²) in [6.45, 7) is 0. The first kappa shape index (κ1) is 13.4. The number of benzene rings is 1. The zero-order valence-corrected chi connectivity index (χ0v) is 11.4. The third kappa shape index (κ3) is 4.02. The molecule has 0 spiro atoms. The average Bonchev–Trinajstić information content (AvgIpc) is 2.40. The maximum Gasteiger partial charge on any atom is 0.169 e. The number of hydrogen-bond donors (Lipinski definition) is 0.